The zero-order valence-electron chi connectivity index (χ0n) is 39.3. The molecule has 0 aromatic heterocycles. The van der Waals surface area contributed by atoms with Crippen LogP contribution in [0, 0.1) is 0 Å². The van der Waals surface area contributed by atoms with Crippen molar-refractivity contribution in [2.45, 2.75) is 255 Å². The lowest BCUT2D eigenvalue weighted by Gasteiger charge is -2.41. The third kappa shape index (κ3) is 31.8. The van der Waals surface area contributed by atoms with E-state index in [0.29, 0.717) is 12.8 Å². The van der Waals surface area contributed by atoms with Gasteiger partial charge in [0, 0.05) is 0 Å². The topological polar surface area (TPSA) is 212 Å². The minimum Gasteiger partial charge on any atom is -0.394 e. The molecule has 0 aliphatic carbocycles. The monoisotopic (exact) mass is 918 g/mol. The zero-order valence-corrected chi connectivity index (χ0v) is 40.1. The Hall–Kier alpha value is -1.72. The molecule has 1 aliphatic rings. The van der Waals surface area contributed by atoms with Gasteiger partial charge in [0.1, 0.15) is 30.5 Å². The molecular formula is C49H91NO12S. The summed E-state index contributed by atoms with van der Waals surface area (Å²) in [5.41, 5.74) is 0. The Kier molecular flexibility index (Phi) is 37.1. The van der Waals surface area contributed by atoms with E-state index in [1.54, 1.807) is 6.08 Å². The van der Waals surface area contributed by atoms with E-state index in [-0.39, 0.29) is 6.42 Å². The van der Waals surface area contributed by atoms with Crippen molar-refractivity contribution in [3.8, 4) is 0 Å². The van der Waals surface area contributed by atoms with Gasteiger partial charge in [-0.2, -0.15) is 8.42 Å². The third-order valence-corrected chi connectivity index (χ3v) is 12.2. The molecule has 0 bridgehead atoms. The van der Waals surface area contributed by atoms with Crippen molar-refractivity contribution in [1.82, 2.24) is 5.32 Å². The van der Waals surface area contributed by atoms with Gasteiger partial charge >= 0.3 is 10.4 Å². The van der Waals surface area contributed by atoms with Crippen molar-refractivity contribution >= 4 is 16.3 Å². The number of aliphatic hydroxyl groups is 5. The Labute approximate surface area is 382 Å². The quantitative estimate of drug-likeness (QED) is 0.0174. The van der Waals surface area contributed by atoms with Crippen molar-refractivity contribution in [2.24, 2.45) is 0 Å². The van der Waals surface area contributed by atoms with Crippen LogP contribution in [0.4, 0.5) is 0 Å². The van der Waals surface area contributed by atoms with E-state index < -0.39 is 78.5 Å². The minimum atomic E-state index is -5.12. The highest BCUT2D eigenvalue weighted by atomic mass is 32.3. The number of amides is 1. The average Bonchev–Trinajstić information content (AvgIpc) is 3.25. The minimum absolute atomic E-state index is 0.236. The van der Waals surface area contributed by atoms with E-state index in [1.807, 2.05) is 0 Å². The summed E-state index contributed by atoms with van der Waals surface area (Å²) in [5.74, 6) is -0.716. The Morgan fingerprint density at radius 2 is 1.06 bits per heavy atom. The molecule has 0 aromatic carbocycles. The summed E-state index contributed by atoms with van der Waals surface area (Å²) in [4.78, 5) is 13.1. The van der Waals surface area contributed by atoms with Crippen molar-refractivity contribution in [1.29, 1.82) is 0 Å². The van der Waals surface area contributed by atoms with Crippen LogP contribution < -0.4 is 5.32 Å². The lowest BCUT2D eigenvalue weighted by molar-refractivity contribution is -0.298. The SMILES string of the molecule is CCCCCCCCCCCCC/C=C/CC/C=C/CC/C=C/C(O)C(COC1OC(CO)C(O)C(OS(=O)(=O)O)C1O)NC(=O)C(O)CCCCCCCCCCCCCCC. The number of rotatable bonds is 42. The van der Waals surface area contributed by atoms with Gasteiger partial charge in [-0.25, -0.2) is 4.18 Å². The lowest BCUT2D eigenvalue weighted by atomic mass is 9.99. The average molecular weight is 918 g/mol. The van der Waals surface area contributed by atoms with Crippen LogP contribution in [0.15, 0.2) is 36.5 Å². The Morgan fingerprint density at radius 1 is 0.635 bits per heavy atom. The third-order valence-electron chi connectivity index (χ3n) is 11.8. The Morgan fingerprint density at radius 3 is 1.52 bits per heavy atom. The summed E-state index contributed by atoms with van der Waals surface area (Å²) in [6.07, 6.45) is 35.1. The second-order valence-electron chi connectivity index (χ2n) is 17.5. The number of unbranched alkanes of at least 4 members (excludes halogenated alkanes) is 25. The van der Waals surface area contributed by atoms with Crippen molar-refractivity contribution < 1.29 is 57.0 Å². The number of aliphatic hydroxyl groups excluding tert-OH is 5. The molecule has 1 amide bonds. The van der Waals surface area contributed by atoms with Crippen molar-refractivity contribution in [3.63, 3.8) is 0 Å². The summed E-state index contributed by atoms with van der Waals surface area (Å²) in [7, 11) is -5.12. The fraction of sp³-hybridized carbons (Fsp3) is 0.857. The van der Waals surface area contributed by atoms with Crippen LogP contribution in [0.3, 0.4) is 0 Å². The first-order valence-electron chi connectivity index (χ1n) is 25.0. The molecule has 370 valence electrons. The van der Waals surface area contributed by atoms with Crippen molar-refractivity contribution in [2.75, 3.05) is 13.2 Å². The maximum absolute atomic E-state index is 13.1. The molecule has 1 saturated heterocycles. The summed E-state index contributed by atoms with van der Waals surface area (Å²) in [5, 5.41) is 55.2. The number of carbonyl (C=O) groups is 1. The molecule has 0 radical (unpaired) electrons. The molecule has 14 heteroatoms. The molecule has 8 atom stereocenters. The van der Waals surface area contributed by atoms with E-state index in [4.69, 9.17) is 9.47 Å². The molecule has 8 unspecified atom stereocenters. The van der Waals surface area contributed by atoms with E-state index in [9.17, 15) is 43.3 Å². The fourth-order valence-corrected chi connectivity index (χ4v) is 8.30. The van der Waals surface area contributed by atoms with Crippen LogP contribution in [0.1, 0.15) is 206 Å². The number of carbonyl (C=O) groups excluding carboxylic acids is 1. The number of hydrogen-bond donors (Lipinski definition) is 7. The fourth-order valence-electron chi connectivity index (χ4n) is 7.79. The molecule has 0 aromatic rings. The van der Waals surface area contributed by atoms with E-state index >= 15 is 0 Å². The summed E-state index contributed by atoms with van der Waals surface area (Å²) in [6.45, 7) is 3.20. The second-order valence-corrected chi connectivity index (χ2v) is 18.6. The molecule has 0 spiro atoms. The highest BCUT2D eigenvalue weighted by Gasteiger charge is 2.48. The van der Waals surface area contributed by atoms with E-state index in [1.165, 1.54) is 134 Å². The Balaban J connectivity index is 2.57. The van der Waals surface area contributed by atoms with Crippen LogP contribution in [-0.2, 0) is 28.9 Å². The smallest absolute Gasteiger partial charge is 0.394 e. The maximum Gasteiger partial charge on any atom is 0.397 e. The molecule has 1 heterocycles. The number of ether oxygens (including phenoxy) is 2. The maximum atomic E-state index is 13.1. The zero-order chi connectivity index (χ0) is 46.4. The largest absolute Gasteiger partial charge is 0.397 e. The molecule has 63 heavy (non-hydrogen) atoms. The normalized spacial score (nSPS) is 21.2. The van der Waals surface area contributed by atoms with Crippen LogP contribution in [0.2, 0.25) is 0 Å². The van der Waals surface area contributed by atoms with Gasteiger partial charge in [-0.15, -0.1) is 0 Å². The second kappa shape index (κ2) is 39.4. The first-order chi connectivity index (χ1) is 30.4. The van der Waals surface area contributed by atoms with E-state index in [2.05, 4.69) is 47.7 Å². The highest BCUT2D eigenvalue weighted by Crippen LogP contribution is 2.26. The van der Waals surface area contributed by atoms with Crippen LogP contribution in [-0.4, -0.2) is 107 Å². The summed E-state index contributed by atoms with van der Waals surface area (Å²) < 4.78 is 47.5. The van der Waals surface area contributed by atoms with Gasteiger partial charge in [0.15, 0.2) is 6.29 Å². The molecule has 13 nitrogen and oxygen atoms in total. The van der Waals surface area contributed by atoms with Gasteiger partial charge < -0.3 is 40.3 Å². The predicted molar refractivity (Wildman–Crippen MR) is 251 cm³/mol. The molecule has 7 N–H and O–H groups in total. The van der Waals surface area contributed by atoms with Crippen molar-refractivity contribution in [3.05, 3.63) is 36.5 Å². The molecule has 1 rings (SSSR count). The van der Waals surface area contributed by atoms with Crippen LogP contribution in [0.25, 0.3) is 0 Å². The van der Waals surface area contributed by atoms with E-state index in [0.717, 1.165) is 44.9 Å². The van der Waals surface area contributed by atoms with Gasteiger partial charge in [-0.3, -0.25) is 9.35 Å². The first-order valence-corrected chi connectivity index (χ1v) is 26.3. The number of nitrogens with one attached hydrogen (secondary N) is 1. The molecule has 0 saturated carbocycles. The van der Waals surface area contributed by atoms with Crippen LogP contribution in [0.5, 0.6) is 0 Å². The molecular weight excluding hydrogens is 827 g/mol. The molecule has 1 fully saturated rings. The van der Waals surface area contributed by atoms with Crippen LogP contribution >= 0.6 is 0 Å². The summed E-state index contributed by atoms with van der Waals surface area (Å²) >= 11 is 0. The van der Waals surface area contributed by atoms with Gasteiger partial charge in [-0.1, -0.05) is 198 Å². The predicted octanol–water partition coefficient (Wildman–Crippen LogP) is 9.25. The lowest BCUT2D eigenvalue weighted by Crippen LogP contribution is -2.61. The first kappa shape index (κ1) is 59.3. The Bertz CT molecular complexity index is 1280. The molecule has 1 aliphatic heterocycles. The van der Waals surface area contributed by atoms with Gasteiger partial charge in [-0.05, 0) is 44.9 Å². The van der Waals surface area contributed by atoms with Gasteiger partial charge in [0.2, 0.25) is 5.91 Å². The summed E-state index contributed by atoms with van der Waals surface area (Å²) in [6, 6.07) is -1.14. The number of allylic oxidation sites excluding steroid dienone is 5. The number of hydrogen-bond acceptors (Lipinski definition) is 11. The van der Waals surface area contributed by atoms with Gasteiger partial charge in [0.25, 0.3) is 0 Å². The standard InChI is InChI=1S/C49H91NO12S/c1-3-5-7-9-11-13-15-17-18-19-20-21-22-23-24-26-27-29-31-33-35-37-42(52)41(40-60-49-46(55)47(62-63(57,58)59)45(54)44(39-51)61-49)50-48(56)43(53)38-36-34-32-30-28-25-16-14-12-10-8-6-4-2/h22-23,27,29,35,37,41-47,49,51-55H,3-21,24-26,28,30-34,36,38-40H2,1-2H3,(H,50,56)(H,57,58,59)/b23-22+,29-27+,37-35+. The highest BCUT2D eigenvalue weighted by molar-refractivity contribution is 7.80. The van der Waals surface area contributed by atoms with Gasteiger partial charge in [0.05, 0.1) is 25.4 Å².